The topological polar surface area (TPSA) is 45.6 Å². The third-order valence-electron chi connectivity index (χ3n) is 17.2. The van der Waals surface area contributed by atoms with Crippen molar-refractivity contribution in [3.8, 4) is 5.75 Å². The van der Waals surface area contributed by atoms with Crippen molar-refractivity contribution in [1.82, 2.24) is 10.6 Å². The lowest BCUT2D eigenvalue weighted by Crippen LogP contribution is -2.59. The van der Waals surface area contributed by atoms with Crippen LogP contribution in [0.2, 0.25) is 0 Å². The van der Waals surface area contributed by atoms with E-state index in [4.69, 9.17) is 9.73 Å². The van der Waals surface area contributed by atoms with Crippen LogP contribution in [0.3, 0.4) is 0 Å². The minimum Gasteiger partial charge on any atom is -0.488 e. The van der Waals surface area contributed by atoms with Crippen molar-refractivity contribution in [2.75, 3.05) is 0 Å². The minimum absolute atomic E-state index is 0.0589. The summed E-state index contributed by atoms with van der Waals surface area (Å²) in [4.78, 5) is 5.71. The minimum atomic E-state index is -0.168. The largest absolute Gasteiger partial charge is 0.488 e. The van der Waals surface area contributed by atoms with Gasteiger partial charge in [-0.2, -0.15) is 0 Å². The molecule has 0 saturated carbocycles. The number of benzene rings is 4. The number of allylic oxidation sites excluding steroid dienone is 16. The monoisotopic (exact) mass is 863 g/mol. The molecule has 9 aliphatic rings. The van der Waals surface area contributed by atoms with Crippen LogP contribution in [0.4, 0.5) is 0 Å². The van der Waals surface area contributed by atoms with Gasteiger partial charge in [-0.1, -0.05) is 166 Å². The number of aliphatic imine (C=N–C) groups is 1. The van der Waals surface area contributed by atoms with Gasteiger partial charge in [-0.15, -0.1) is 0 Å². The third kappa shape index (κ3) is 6.68. The molecule has 10 unspecified atom stereocenters. The van der Waals surface area contributed by atoms with Crippen LogP contribution < -0.4 is 15.4 Å². The molecular formula is C62H61N3O. The summed E-state index contributed by atoms with van der Waals surface area (Å²) >= 11 is 0. The average molecular weight is 864 g/mol. The lowest BCUT2D eigenvalue weighted by molar-refractivity contribution is 0.160. The molecule has 0 radical (unpaired) electrons. The van der Waals surface area contributed by atoms with Crippen molar-refractivity contribution in [3.05, 3.63) is 220 Å². The number of amidine groups is 1. The maximum atomic E-state index is 7.28. The highest BCUT2D eigenvalue weighted by molar-refractivity contribution is 5.88. The fourth-order valence-corrected chi connectivity index (χ4v) is 13.7. The highest BCUT2D eigenvalue weighted by Gasteiger charge is 2.50. The molecular weight excluding hydrogens is 803 g/mol. The Bertz CT molecular complexity index is 2890. The molecule has 0 saturated heterocycles. The first-order valence-electron chi connectivity index (χ1n) is 25.1. The summed E-state index contributed by atoms with van der Waals surface area (Å²) < 4.78 is 7.28. The predicted molar refractivity (Wildman–Crippen MR) is 270 cm³/mol. The molecule has 0 spiro atoms. The molecule has 330 valence electrons. The number of nitrogens with one attached hydrogen (secondary N) is 2. The summed E-state index contributed by atoms with van der Waals surface area (Å²) in [5, 5.41) is 8.26. The molecule has 2 heterocycles. The van der Waals surface area contributed by atoms with Gasteiger partial charge in [0.2, 0.25) is 0 Å². The van der Waals surface area contributed by atoms with Crippen LogP contribution in [0, 0.1) is 29.6 Å². The summed E-state index contributed by atoms with van der Waals surface area (Å²) in [6.07, 6.45) is 37.1. The van der Waals surface area contributed by atoms with Crippen molar-refractivity contribution in [2.45, 2.75) is 101 Å². The highest BCUT2D eigenvalue weighted by Crippen LogP contribution is 2.56. The molecule has 4 heteroatoms. The van der Waals surface area contributed by atoms with Gasteiger partial charge in [-0.05, 0) is 148 Å². The molecule has 7 aliphatic carbocycles. The maximum Gasteiger partial charge on any atom is 0.129 e. The van der Waals surface area contributed by atoms with Gasteiger partial charge in [0.1, 0.15) is 23.9 Å². The quantitative estimate of drug-likeness (QED) is 0.203. The smallest absolute Gasteiger partial charge is 0.129 e. The third-order valence-corrected chi connectivity index (χ3v) is 17.2. The van der Waals surface area contributed by atoms with E-state index in [1.807, 2.05) is 0 Å². The van der Waals surface area contributed by atoms with E-state index >= 15 is 0 Å². The standard InChI is InChI=1S/C62H61N3O/c1-62(2)54-24-14-13-23-50(54)51-31-29-44(37-55(51)62)60-63-59(41-27-25-39(26-28-41)38-15-5-3-6-16-38)64-61(65-60)53-36-42-19-9-10-20-47(42)57-52-35-43(30-34-56(52)66-58(53)57)46-33-32-45(40-17-7-4-8-18-40)48-21-11-12-22-49(46)48/h3,5-7,9-10,12-15,17-20,22-28,30-35,38,44-45,48,53,55,57-60,63H,4,8,11,16,21,29,36-37H2,1-2H3,(H,64,65). The van der Waals surface area contributed by atoms with E-state index in [1.165, 1.54) is 67.6 Å². The molecule has 2 N–H and O–H groups in total. The normalized spacial score (nSPS) is 31.8. The van der Waals surface area contributed by atoms with Crippen LogP contribution in [0.1, 0.15) is 121 Å². The Balaban J connectivity index is 0.856. The van der Waals surface area contributed by atoms with Gasteiger partial charge in [0.15, 0.2) is 0 Å². The summed E-state index contributed by atoms with van der Waals surface area (Å²) in [6.45, 7) is 4.93. The van der Waals surface area contributed by atoms with Gasteiger partial charge < -0.3 is 10.1 Å². The van der Waals surface area contributed by atoms with Crippen molar-refractivity contribution < 1.29 is 4.74 Å². The van der Waals surface area contributed by atoms with E-state index in [-0.39, 0.29) is 35.7 Å². The van der Waals surface area contributed by atoms with Gasteiger partial charge in [0, 0.05) is 17.4 Å². The SMILES string of the molecule is CC1(C)c2ccccc2C2=CCC(C3NC(C4Cc5ccccc5C5c6cc(C7=C8C=CCCC8C(C8=CCCC=C8)C=C7)ccc6OC45)=NC(c4ccc(C5C=CC=CC5)cc4)N3)CC21. The lowest BCUT2D eigenvalue weighted by atomic mass is 9.69. The summed E-state index contributed by atoms with van der Waals surface area (Å²) in [5.41, 5.74) is 16.9. The second-order valence-corrected chi connectivity index (χ2v) is 21.1. The Morgan fingerprint density at radius 2 is 1.61 bits per heavy atom. The van der Waals surface area contributed by atoms with E-state index in [2.05, 4.69) is 188 Å². The van der Waals surface area contributed by atoms with Crippen LogP contribution in [-0.2, 0) is 11.8 Å². The van der Waals surface area contributed by atoms with E-state index in [0.717, 1.165) is 56.5 Å². The molecule has 0 bridgehead atoms. The Morgan fingerprint density at radius 1 is 0.742 bits per heavy atom. The van der Waals surface area contributed by atoms with Crippen LogP contribution in [0.25, 0.3) is 11.1 Å². The van der Waals surface area contributed by atoms with Crippen LogP contribution in [0.15, 0.2) is 180 Å². The number of fused-ring (bicyclic) bond motifs is 9. The van der Waals surface area contributed by atoms with Gasteiger partial charge in [0.05, 0.1) is 18.0 Å². The average Bonchev–Trinajstić information content (AvgIpc) is 3.88. The fraction of sp³-hybridized carbons (Fsp3) is 0.339. The summed E-state index contributed by atoms with van der Waals surface area (Å²) in [7, 11) is 0. The first-order chi connectivity index (χ1) is 32.5. The first-order valence-corrected chi connectivity index (χ1v) is 25.1. The number of hydrogen-bond acceptors (Lipinski definition) is 4. The highest BCUT2D eigenvalue weighted by atomic mass is 16.5. The predicted octanol–water partition coefficient (Wildman–Crippen LogP) is 13.6. The fourth-order valence-electron chi connectivity index (χ4n) is 13.7. The van der Waals surface area contributed by atoms with Crippen LogP contribution in [0.5, 0.6) is 5.75 Å². The molecule has 66 heavy (non-hydrogen) atoms. The maximum absolute atomic E-state index is 7.28. The Morgan fingerprint density at radius 3 is 2.48 bits per heavy atom. The lowest BCUT2D eigenvalue weighted by Gasteiger charge is -2.44. The van der Waals surface area contributed by atoms with Gasteiger partial charge in [-0.3, -0.25) is 5.32 Å². The van der Waals surface area contributed by atoms with Crippen LogP contribution in [-0.4, -0.2) is 18.1 Å². The van der Waals surface area contributed by atoms with E-state index in [9.17, 15) is 0 Å². The van der Waals surface area contributed by atoms with Crippen molar-refractivity contribution in [3.63, 3.8) is 0 Å². The van der Waals surface area contributed by atoms with Gasteiger partial charge in [-0.25, -0.2) is 4.99 Å². The molecule has 0 aromatic heterocycles. The number of rotatable bonds is 6. The van der Waals surface area contributed by atoms with Crippen LogP contribution >= 0.6 is 0 Å². The molecule has 10 atom stereocenters. The summed E-state index contributed by atoms with van der Waals surface area (Å²) in [6, 6.07) is 34.7. The van der Waals surface area contributed by atoms with Gasteiger partial charge in [0.25, 0.3) is 0 Å². The zero-order valence-electron chi connectivity index (χ0n) is 38.4. The Hall–Kier alpha value is -5.97. The Kier molecular flexibility index (Phi) is 9.85. The van der Waals surface area contributed by atoms with E-state index < -0.39 is 0 Å². The zero-order chi connectivity index (χ0) is 43.9. The van der Waals surface area contributed by atoms with Crippen molar-refractivity contribution in [1.29, 1.82) is 0 Å². The van der Waals surface area contributed by atoms with E-state index in [0.29, 0.717) is 29.6 Å². The molecule has 13 rings (SSSR count). The second kappa shape index (κ2) is 16.1. The molecule has 0 fully saturated rings. The molecule has 4 aromatic rings. The summed E-state index contributed by atoms with van der Waals surface area (Å²) in [5.74, 6) is 4.52. The molecule has 4 aromatic carbocycles. The molecule has 2 aliphatic heterocycles. The van der Waals surface area contributed by atoms with Crippen molar-refractivity contribution >= 4 is 17.0 Å². The Labute approximate surface area is 391 Å². The zero-order valence-corrected chi connectivity index (χ0v) is 38.4. The molecule has 0 amide bonds. The number of ether oxygens (including phenoxy) is 1. The van der Waals surface area contributed by atoms with E-state index in [1.54, 1.807) is 5.57 Å². The molecule has 4 nitrogen and oxygen atoms in total. The first kappa shape index (κ1) is 40.3. The van der Waals surface area contributed by atoms with Gasteiger partial charge >= 0.3 is 0 Å². The number of hydrogen-bond donors (Lipinski definition) is 2. The van der Waals surface area contributed by atoms with Crippen molar-refractivity contribution in [2.24, 2.45) is 34.6 Å². The number of nitrogens with zero attached hydrogens (tertiary/aromatic N) is 1. The second-order valence-electron chi connectivity index (χ2n) is 21.1.